The molecule has 2 aromatic rings. The van der Waals surface area contributed by atoms with Gasteiger partial charge in [0.25, 0.3) is 0 Å². The fourth-order valence-corrected chi connectivity index (χ4v) is 8.42. The van der Waals surface area contributed by atoms with Gasteiger partial charge in [-0.15, -0.1) is 0 Å². The van der Waals surface area contributed by atoms with Crippen molar-refractivity contribution in [1.29, 1.82) is 0 Å². The molecule has 2 aromatic heterocycles. The predicted octanol–water partition coefficient (Wildman–Crippen LogP) is -2.01. The minimum atomic E-state index is -5.57. The number of nitrogen functional groups attached to an aromatic ring is 1. The van der Waals surface area contributed by atoms with Crippen LogP contribution in [-0.2, 0) is 50.7 Å². The number of ether oxygens (including phenoxy) is 1. The number of anilines is 1. The minimum Gasteiger partial charge on any atom is -0.386 e. The topological polar surface area (TPSA) is 402 Å². The molecule has 0 saturated carbocycles. The van der Waals surface area contributed by atoms with Crippen molar-refractivity contribution >= 4 is 69.9 Å². The van der Waals surface area contributed by atoms with E-state index in [0.717, 1.165) is 30.1 Å². The quantitative estimate of drug-likeness (QED) is 0.0379. The van der Waals surface area contributed by atoms with Crippen molar-refractivity contribution in [3.63, 3.8) is 0 Å². The molecular formula is C27H48N9O17P3S. The van der Waals surface area contributed by atoms with Crippen molar-refractivity contribution in [2.45, 2.75) is 63.8 Å². The largest absolute Gasteiger partial charge is 0.481 e. The second-order valence-electron chi connectivity index (χ2n) is 13.0. The lowest BCUT2D eigenvalue weighted by molar-refractivity contribution is -0.137. The van der Waals surface area contributed by atoms with Gasteiger partial charge in [0.1, 0.15) is 36.3 Å². The Morgan fingerprint density at radius 1 is 1.00 bits per heavy atom. The first-order chi connectivity index (χ1) is 26.6. The van der Waals surface area contributed by atoms with Gasteiger partial charge in [0.15, 0.2) is 17.7 Å². The fraction of sp³-hybridized carbons (Fsp3) is 0.704. The number of aromatic nitrogens is 4. The first kappa shape index (κ1) is 48.7. The molecule has 30 heteroatoms. The third-order valence-electron chi connectivity index (χ3n) is 7.83. The third kappa shape index (κ3) is 15.8. The number of carbonyl (C=O) groups is 3. The van der Waals surface area contributed by atoms with E-state index in [2.05, 4.69) is 39.7 Å². The highest BCUT2D eigenvalue weighted by Crippen LogP contribution is 2.61. The number of nitrogens with two attached hydrogens (primary N) is 2. The second kappa shape index (κ2) is 21.5. The smallest absolute Gasteiger partial charge is 0.386 e. The van der Waals surface area contributed by atoms with Gasteiger partial charge in [-0.2, -0.15) is 16.1 Å². The van der Waals surface area contributed by atoms with Crippen LogP contribution >= 0.6 is 35.2 Å². The molecule has 3 amide bonds. The van der Waals surface area contributed by atoms with Crippen LogP contribution in [0.5, 0.6) is 0 Å². The molecule has 0 spiro atoms. The summed E-state index contributed by atoms with van der Waals surface area (Å²) in [6.07, 6.45) is -5.31. The molecule has 1 aliphatic rings. The SMILES string of the molecule is CC(C)(COP(=O)(O)OP(=O)(O)OC[C@H]1O[C@@H](n2cnc3c(N)ncnc32)[C@H](O)[C@@H]1OP(=O)(O)O)[C@@H](O)C(=O)NCCC(=O)NCCSCC(=O)NCCCCN. The van der Waals surface area contributed by atoms with Crippen LogP contribution in [0.2, 0.25) is 0 Å². The van der Waals surface area contributed by atoms with Crippen LogP contribution in [0.15, 0.2) is 12.7 Å². The molecule has 0 aliphatic carbocycles. The van der Waals surface area contributed by atoms with E-state index in [9.17, 15) is 57.9 Å². The van der Waals surface area contributed by atoms with E-state index in [1.807, 2.05) is 0 Å². The number of imidazole rings is 1. The van der Waals surface area contributed by atoms with E-state index >= 15 is 0 Å². The van der Waals surface area contributed by atoms with Gasteiger partial charge in [0.05, 0.1) is 25.3 Å². The Balaban J connectivity index is 1.45. The Hall–Kier alpha value is -2.68. The molecule has 57 heavy (non-hydrogen) atoms. The molecule has 1 saturated heterocycles. The molecular weight excluding hydrogens is 847 g/mol. The second-order valence-corrected chi connectivity index (χ2v) is 18.3. The summed E-state index contributed by atoms with van der Waals surface area (Å²) >= 11 is 1.32. The summed E-state index contributed by atoms with van der Waals surface area (Å²) in [5, 5.41) is 29.2. The normalized spacial score (nSPS) is 21.4. The average molecular weight is 896 g/mol. The van der Waals surface area contributed by atoms with E-state index in [1.165, 1.54) is 25.6 Å². The van der Waals surface area contributed by atoms with E-state index in [4.69, 9.17) is 25.3 Å². The Kier molecular flexibility index (Phi) is 18.4. The van der Waals surface area contributed by atoms with Crippen LogP contribution in [0, 0.1) is 5.41 Å². The number of aliphatic hydroxyl groups is 2. The minimum absolute atomic E-state index is 0.0296. The molecule has 0 radical (unpaired) electrons. The molecule has 26 nitrogen and oxygen atoms in total. The van der Waals surface area contributed by atoms with Crippen LogP contribution in [0.4, 0.5) is 5.82 Å². The zero-order valence-corrected chi connectivity index (χ0v) is 34.2. The van der Waals surface area contributed by atoms with Crippen molar-refractivity contribution in [2.24, 2.45) is 11.1 Å². The molecule has 13 N–H and O–H groups in total. The number of fused-ring (bicyclic) bond motifs is 1. The Bertz CT molecular complexity index is 1820. The van der Waals surface area contributed by atoms with Crippen molar-refractivity contribution in [1.82, 2.24) is 35.5 Å². The van der Waals surface area contributed by atoms with Crippen LogP contribution in [0.25, 0.3) is 11.2 Å². The monoisotopic (exact) mass is 895 g/mol. The average Bonchev–Trinajstić information content (AvgIpc) is 3.68. The maximum atomic E-state index is 12.7. The lowest BCUT2D eigenvalue weighted by Gasteiger charge is -2.30. The number of phosphoric ester groups is 3. The van der Waals surface area contributed by atoms with Gasteiger partial charge >= 0.3 is 23.5 Å². The summed E-state index contributed by atoms with van der Waals surface area (Å²) in [7, 11) is -16.4. The van der Waals surface area contributed by atoms with Gasteiger partial charge in [-0.3, -0.25) is 32.5 Å². The van der Waals surface area contributed by atoms with E-state index in [0.29, 0.717) is 18.8 Å². The summed E-state index contributed by atoms with van der Waals surface area (Å²) in [6.45, 7) is 1.65. The summed E-state index contributed by atoms with van der Waals surface area (Å²) in [5.74, 6) is -0.879. The highest BCUT2D eigenvalue weighted by molar-refractivity contribution is 7.99. The maximum Gasteiger partial charge on any atom is 0.481 e. The van der Waals surface area contributed by atoms with Gasteiger partial charge in [-0.25, -0.2) is 28.6 Å². The van der Waals surface area contributed by atoms with Crippen molar-refractivity contribution in [3.8, 4) is 0 Å². The van der Waals surface area contributed by atoms with Gasteiger partial charge in [-0.05, 0) is 19.4 Å². The summed E-state index contributed by atoms with van der Waals surface area (Å²) in [5.41, 5.74) is 9.66. The molecule has 3 heterocycles. The molecule has 3 rings (SSSR count). The summed E-state index contributed by atoms with van der Waals surface area (Å²) in [4.78, 5) is 87.3. The maximum absolute atomic E-state index is 12.7. The van der Waals surface area contributed by atoms with Crippen LogP contribution in [0.3, 0.4) is 0 Å². The lowest BCUT2D eigenvalue weighted by Crippen LogP contribution is -2.46. The number of thioether (sulfide) groups is 1. The van der Waals surface area contributed by atoms with Crippen molar-refractivity contribution in [2.75, 3.05) is 56.6 Å². The number of hydrogen-bond acceptors (Lipinski definition) is 19. The van der Waals surface area contributed by atoms with Gasteiger partial charge in [0.2, 0.25) is 17.7 Å². The number of phosphoric acid groups is 3. The molecule has 7 atom stereocenters. The van der Waals surface area contributed by atoms with Crippen molar-refractivity contribution in [3.05, 3.63) is 12.7 Å². The number of rotatable bonds is 25. The van der Waals surface area contributed by atoms with Crippen LogP contribution in [0.1, 0.15) is 39.3 Å². The zero-order valence-electron chi connectivity index (χ0n) is 30.7. The highest BCUT2D eigenvalue weighted by Gasteiger charge is 2.50. The molecule has 2 unspecified atom stereocenters. The number of amides is 3. The zero-order chi connectivity index (χ0) is 42.6. The third-order valence-corrected chi connectivity index (χ3v) is 11.9. The van der Waals surface area contributed by atoms with Crippen molar-refractivity contribution < 1.29 is 80.5 Å². The standard InChI is InChI=1S/C27H48N9O17P3S/c1-27(2,22(40)25(41)32-8-5-17(37)31-9-10-57-12-18(38)30-7-4-3-6-28)13-50-56(47,48)53-55(45,46)49-11-16-21(52-54(42,43)44)20(39)26(51-16)36-15-35-19-23(29)33-14-34-24(19)36/h14-16,20-22,26,39-40H,3-13,28H2,1-2H3,(H,30,38)(H,31,37)(H,32,41)(H,45,46)(H,47,48)(H2,29,33,34)(H2,42,43,44)/t16-,20-,21-,22+,26-/m1/s1. The number of carbonyl (C=O) groups excluding carboxylic acids is 3. The van der Waals surface area contributed by atoms with E-state index < -0.39 is 84.6 Å². The Labute approximate surface area is 329 Å². The summed E-state index contributed by atoms with van der Waals surface area (Å²) in [6, 6.07) is 0. The van der Waals surface area contributed by atoms with Gasteiger partial charge < -0.3 is 61.9 Å². The number of unbranched alkanes of at least 4 members (excludes halogenated alkanes) is 1. The van der Waals surface area contributed by atoms with Gasteiger partial charge in [0, 0.05) is 37.2 Å². The first-order valence-corrected chi connectivity index (χ1v) is 22.7. The van der Waals surface area contributed by atoms with Gasteiger partial charge in [-0.1, -0.05) is 13.8 Å². The number of aliphatic hydroxyl groups excluding tert-OH is 2. The Morgan fingerprint density at radius 3 is 2.37 bits per heavy atom. The van der Waals surface area contributed by atoms with Crippen LogP contribution < -0.4 is 27.4 Å². The van der Waals surface area contributed by atoms with E-state index in [1.54, 1.807) is 0 Å². The lowest BCUT2D eigenvalue weighted by atomic mass is 9.87. The summed E-state index contributed by atoms with van der Waals surface area (Å²) < 4.78 is 62.1. The number of hydrogen-bond donors (Lipinski definition) is 11. The molecule has 324 valence electrons. The highest BCUT2D eigenvalue weighted by atomic mass is 32.2. The fourth-order valence-electron chi connectivity index (χ4n) is 4.92. The number of nitrogens with zero attached hydrogens (tertiary/aromatic N) is 4. The van der Waals surface area contributed by atoms with E-state index in [-0.39, 0.29) is 48.2 Å². The Morgan fingerprint density at radius 2 is 1.68 bits per heavy atom. The molecule has 0 aromatic carbocycles. The first-order valence-electron chi connectivity index (χ1n) is 17.0. The molecule has 1 aliphatic heterocycles. The molecule has 1 fully saturated rings. The van der Waals surface area contributed by atoms with Crippen LogP contribution in [-0.4, -0.2) is 142 Å². The molecule has 0 bridgehead atoms. The number of nitrogens with one attached hydrogen (secondary N) is 3. The predicted molar refractivity (Wildman–Crippen MR) is 198 cm³/mol.